The Hall–Kier alpha value is -1.55. The monoisotopic (exact) mass is 276 g/mol. The van der Waals surface area contributed by atoms with E-state index in [1.165, 1.54) is 7.11 Å². The molecule has 0 bridgehead atoms. The van der Waals surface area contributed by atoms with Gasteiger partial charge < -0.3 is 15.0 Å². The van der Waals surface area contributed by atoms with Crippen LogP contribution < -0.4 is 5.32 Å². The number of rotatable bonds is 4. The Labute approximate surface area is 121 Å². The number of nitrogens with zero attached hydrogens (tertiary/aromatic N) is 1. The van der Waals surface area contributed by atoms with E-state index in [1.807, 2.05) is 30.3 Å². The van der Waals surface area contributed by atoms with E-state index in [2.05, 4.69) is 24.1 Å². The molecule has 0 atom stereocenters. The summed E-state index contributed by atoms with van der Waals surface area (Å²) in [5.41, 5.74) is 0.373. The number of nitrogens with one attached hydrogen (secondary N) is 1. The maximum atomic E-state index is 12.3. The maximum Gasteiger partial charge on any atom is 0.331 e. The molecule has 4 heteroatoms. The van der Waals surface area contributed by atoms with Crippen LogP contribution in [0.4, 0.5) is 5.69 Å². The maximum absolute atomic E-state index is 12.3. The van der Waals surface area contributed by atoms with Gasteiger partial charge in [-0.3, -0.25) is 0 Å². The van der Waals surface area contributed by atoms with E-state index in [-0.39, 0.29) is 5.97 Å². The highest BCUT2D eigenvalue weighted by atomic mass is 16.5. The molecule has 1 fully saturated rings. The lowest BCUT2D eigenvalue weighted by atomic mass is 9.86. The first-order valence-electron chi connectivity index (χ1n) is 7.23. The van der Waals surface area contributed by atoms with E-state index in [1.54, 1.807) is 0 Å². The minimum absolute atomic E-state index is 0.162. The van der Waals surface area contributed by atoms with Crippen LogP contribution in [0.2, 0.25) is 0 Å². The Morgan fingerprint density at radius 2 is 1.85 bits per heavy atom. The number of carbonyl (C=O) groups is 1. The van der Waals surface area contributed by atoms with Crippen molar-refractivity contribution < 1.29 is 9.53 Å². The highest BCUT2D eigenvalue weighted by Gasteiger charge is 2.42. The fourth-order valence-electron chi connectivity index (χ4n) is 2.80. The van der Waals surface area contributed by atoms with E-state index in [0.717, 1.165) is 31.6 Å². The van der Waals surface area contributed by atoms with Crippen molar-refractivity contribution in [3.8, 4) is 0 Å². The molecule has 1 aromatic rings. The molecule has 1 heterocycles. The molecule has 1 aliphatic rings. The normalized spacial score (nSPS) is 18.8. The zero-order valence-electron chi connectivity index (χ0n) is 12.6. The lowest BCUT2D eigenvalue weighted by molar-refractivity contribution is -0.148. The number of ether oxygens (including phenoxy) is 1. The Morgan fingerprint density at radius 3 is 2.35 bits per heavy atom. The number of para-hydroxylation sites is 1. The highest BCUT2D eigenvalue weighted by molar-refractivity contribution is 5.84. The first kappa shape index (κ1) is 14.9. The smallest absolute Gasteiger partial charge is 0.331 e. The largest absolute Gasteiger partial charge is 0.467 e. The molecule has 0 amide bonds. The van der Waals surface area contributed by atoms with Gasteiger partial charge in [0.25, 0.3) is 0 Å². The van der Waals surface area contributed by atoms with Gasteiger partial charge in [-0.1, -0.05) is 18.2 Å². The van der Waals surface area contributed by atoms with Crippen molar-refractivity contribution in [1.29, 1.82) is 0 Å². The minimum Gasteiger partial charge on any atom is -0.467 e. The second-order valence-electron chi connectivity index (χ2n) is 5.69. The van der Waals surface area contributed by atoms with Gasteiger partial charge in [-0.25, -0.2) is 4.79 Å². The molecule has 2 rings (SSSR count). The number of benzene rings is 1. The third-order valence-electron chi connectivity index (χ3n) is 4.12. The number of hydrogen-bond donors (Lipinski definition) is 1. The molecule has 0 unspecified atom stereocenters. The third kappa shape index (κ3) is 3.12. The summed E-state index contributed by atoms with van der Waals surface area (Å²) in [6.07, 6.45) is 1.54. The third-order valence-corrected chi connectivity index (χ3v) is 4.12. The zero-order valence-corrected chi connectivity index (χ0v) is 12.6. The van der Waals surface area contributed by atoms with Crippen molar-refractivity contribution in [2.45, 2.75) is 38.3 Å². The second kappa shape index (κ2) is 6.27. The van der Waals surface area contributed by atoms with Crippen molar-refractivity contribution in [3.63, 3.8) is 0 Å². The van der Waals surface area contributed by atoms with Gasteiger partial charge in [-0.05, 0) is 38.8 Å². The molecule has 1 saturated heterocycles. The first-order chi connectivity index (χ1) is 9.57. The van der Waals surface area contributed by atoms with Gasteiger partial charge >= 0.3 is 5.97 Å². The lowest BCUT2D eigenvalue weighted by Gasteiger charge is -2.42. The predicted octanol–water partition coefficient (Wildman–Crippen LogP) is 2.51. The number of likely N-dealkylation sites (tertiary alicyclic amines) is 1. The van der Waals surface area contributed by atoms with Gasteiger partial charge in [0.05, 0.1) is 7.11 Å². The van der Waals surface area contributed by atoms with Crippen molar-refractivity contribution in [2.75, 3.05) is 25.5 Å². The Balaban J connectivity index is 2.14. The van der Waals surface area contributed by atoms with Crippen LogP contribution in [-0.4, -0.2) is 42.6 Å². The summed E-state index contributed by atoms with van der Waals surface area (Å²) in [5, 5.41) is 3.40. The van der Waals surface area contributed by atoms with Crippen LogP contribution in [0.5, 0.6) is 0 Å². The van der Waals surface area contributed by atoms with E-state index < -0.39 is 5.54 Å². The van der Waals surface area contributed by atoms with Gasteiger partial charge in [-0.15, -0.1) is 0 Å². The quantitative estimate of drug-likeness (QED) is 0.858. The summed E-state index contributed by atoms with van der Waals surface area (Å²) >= 11 is 0. The van der Waals surface area contributed by atoms with Crippen LogP contribution in [-0.2, 0) is 9.53 Å². The Morgan fingerprint density at radius 1 is 1.25 bits per heavy atom. The second-order valence-corrected chi connectivity index (χ2v) is 5.69. The number of piperidine rings is 1. The van der Waals surface area contributed by atoms with Crippen LogP contribution in [0.1, 0.15) is 26.7 Å². The summed E-state index contributed by atoms with van der Waals surface area (Å²) in [7, 11) is 1.46. The molecule has 1 aromatic carbocycles. The van der Waals surface area contributed by atoms with Crippen LogP contribution >= 0.6 is 0 Å². The molecular formula is C16H24N2O2. The van der Waals surface area contributed by atoms with E-state index in [0.29, 0.717) is 6.04 Å². The molecular weight excluding hydrogens is 252 g/mol. The lowest BCUT2D eigenvalue weighted by Crippen LogP contribution is -2.56. The summed E-state index contributed by atoms with van der Waals surface area (Å²) in [6.45, 7) is 6.20. The minimum atomic E-state index is -0.596. The molecule has 0 aliphatic carbocycles. The molecule has 1 aliphatic heterocycles. The predicted molar refractivity (Wildman–Crippen MR) is 80.8 cm³/mol. The number of hydrogen-bond acceptors (Lipinski definition) is 4. The Bertz CT molecular complexity index is 437. The molecule has 0 aromatic heterocycles. The van der Waals surface area contributed by atoms with Crippen molar-refractivity contribution >= 4 is 11.7 Å². The summed E-state index contributed by atoms with van der Waals surface area (Å²) < 4.78 is 5.04. The van der Waals surface area contributed by atoms with Crippen LogP contribution in [0.25, 0.3) is 0 Å². The van der Waals surface area contributed by atoms with Crippen molar-refractivity contribution in [2.24, 2.45) is 0 Å². The number of carbonyl (C=O) groups excluding carboxylic acids is 1. The number of esters is 1. The van der Waals surface area contributed by atoms with E-state index in [4.69, 9.17) is 4.74 Å². The van der Waals surface area contributed by atoms with Gasteiger partial charge in [0, 0.05) is 24.8 Å². The highest BCUT2D eigenvalue weighted by Crippen LogP contribution is 2.29. The standard InChI is InChI=1S/C16H24N2O2/c1-13(2)18-11-9-16(10-12-18,15(19)20-3)17-14-7-5-4-6-8-14/h4-8,13,17H,9-12H2,1-3H3. The first-order valence-corrected chi connectivity index (χ1v) is 7.23. The molecule has 110 valence electrons. The molecule has 0 radical (unpaired) electrons. The van der Waals surface area contributed by atoms with Crippen LogP contribution in [0, 0.1) is 0 Å². The summed E-state index contributed by atoms with van der Waals surface area (Å²) in [4.78, 5) is 14.7. The zero-order chi connectivity index (χ0) is 14.6. The number of anilines is 1. The summed E-state index contributed by atoms with van der Waals surface area (Å²) in [5.74, 6) is -0.162. The van der Waals surface area contributed by atoms with Gasteiger partial charge in [0.2, 0.25) is 0 Å². The molecule has 4 nitrogen and oxygen atoms in total. The topological polar surface area (TPSA) is 41.6 Å². The van der Waals surface area contributed by atoms with Crippen molar-refractivity contribution in [3.05, 3.63) is 30.3 Å². The fraction of sp³-hybridized carbons (Fsp3) is 0.562. The van der Waals surface area contributed by atoms with Crippen LogP contribution in [0.15, 0.2) is 30.3 Å². The average Bonchev–Trinajstić information content (AvgIpc) is 2.48. The molecule has 0 saturated carbocycles. The van der Waals surface area contributed by atoms with Gasteiger partial charge in [-0.2, -0.15) is 0 Å². The van der Waals surface area contributed by atoms with E-state index >= 15 is 0 Å². The van der Waals surface area contributed by atoms with E-state index in [9.17, 15) is 4.79 Å². The van der Waals surface area contributed by atoms with Crippen molar-refractivity contribution in [1.82, 2.24) is 4.90 Å². The number of methoxy groups -OCH3 is 1. The molecule has 20 heavy (non-hydrogen) atoms. The van der Waals surface area contributed by atoms with Gasteiger partial charge in [0.15, 0.2) is 0 Å². The fourth-order valence-corrected chi connectivity index (χ4v) is 2.80. The average molecular weight is 276 g/mol. The Kier molecular flexibility index (Phi) is 4.65. The SMILES string of the molecule is COC(=O)C1(Nc2ccccc2)CCN(C(C)C)CC1. The molecule has 1 N–H and O–H groups in total. The molecule has 0 spiro atoms. The summed E-state index contributed by atoms with van der Waals surface area (Å²) in [6, 6.07) is 10.4. The van der Waals surface area contributed by atoms with Gasteiger partial charge in [0.1, 0.15) is 5.54 Å². The van der Waals surface area contributed by atoms with Crippen LogP contribution in [0.3, 0.4) is 0 Å².